The van der Waals surface area contributed by atoms with Gasteiger partial charge in [0, 0.05) is 38.7 Å². The number of rotatable bonds is 6. The van der Waals surface area contributed by atoms with Crippen LogP contribution in [0.15, 0.2) is 47.8 Å². The van der Waals surface area contributed by atoms with Crippen LogP contribution in [-0.4, -0.2) is 34.3 Å². The summed E-state index contributed by atoms with van der Waals surface area (Å²) in [6.07, 6.45) is 5.57. The molecule has 112 valence electrons. The van der Waals surface area contributed by atoms with Gasteiger partial charge in [-0.05, 0) is 24.1 Å². The summed E-state index contributed by atoms with van der Waals surface area (Å²) < 4.78 is 1.94. The molecule has 6 nitrogen and oxygen atoms in total. The predicted molar refractivity (Wildman–Crippen MR) is 83.8 cm³/mol. The van der Waals surface area contributed by atoms with Gasteiger partial charge in [0.25, 0.3) is 0 Å². The smallest absolute Gasteiger partial charge is 0.191 e. The fourth-order valence-corrected chi connectivity index (χ4v) is 1.96. The maximum Gasteiger partial charge on any atom is 0.191 e. The van der Waals surface area contributed by atoms with Crippen molar-refractivity contribution in [3.63, 3.8) is 0 Å². The van der Waals surface area contributed by atoms with Crippen molar-refractivity contribution in [2.24, 2.45) is 10.9 Å². The lowest BCUT2D eigenvalue weighted by Crippen LogP contribution is -2.39. The summed E-state index contributed by atoms with van der Waals surface area (Å²) in [6.45, 7) is 4.56. The molecule has 0 spiro atoms. The molecule has 0 aliphatic heterocycles. The van der Waals surface area contributed by atoms with Crippen molar-refractivity contribution < 1.29 is 0 Å². The molecule has 1 unspecified atom stereocenters. The van der Waals surface area contributed by atoms with Crippen LogP contribution in [0.25, 0.3) is 0 Å². The highest BCUT2D eigenvalue weighted by atomic mass is 15.3. The lowest BCUT2D eigenvalue weighted by Gasteiger charge is -2.16. The van der Waals surface area contributed by atoms with Gasteiger partial charge in [0.1, 0.15) is 0 Å². The van der Waals surface area contributed by atoms with Crippen molar-refractivity contribution in [3.8, 4) is 0 Å². The normalized spacial score (nSPS) is 13.0. The number of hydrogen-bond acceptors (Lipinski definition) is 3. The molecule has 0 fully saturated rings. The molecule has 2 heterocycles. The molecule has 2 aromatic rings. The summed E-state index contributed by atoms with van der Waals surface area (Å²) in [7, 11) is 1.77. The van der Waals surface area contributed by atoms with Crippen LogP contribution in [0.4, 0.5) is 0 Å². The minimum absolute atomic E-state index is 0.457. The third-order valence-corrected chi connectivity index (χ3v) is 3.06. The van der Waals surface area contributed by atoms with Crippen molar-refractivity contribution in [1.82, 2.24) is 25.4 Å². The average molecular weight is 286 g/mol. The molecule has 0 amide bonds. The summed E-state index contributed by atoms with van der Waals surface area (Å²) in [5.74, 6) is 1.24. The Morgan fingerprint density at radius 2 is 2.19 bits per heavy atom. The third kappa shape index (κ3) is 5.25. The molecular formula is C15H22N6. The molecule has 2 N–H and O–H groups in total. The van der Waals surface area contributed by atoms with Crippen LogP contribution >= 0.6 is 0 Å². The van der Waals surface area contributed by atoms with E-state index in [2.05, 4.69) is 32.6 Å². The highest BCUT2D eigenvalue weighted by Gasteiger charge is 2.05. The summed E-state index contributed by atoms with van der Waals surface area (Å²) in [4.78, 5) is 8.49. The van der Waals surface area contributed by atoms with Gasteiger partial charge in [0.2, 0.25) is 0 Å². The Hall–Kier alpha value is -2.37. The van der Waals surface area contributed by atoms with E-state index >= 15 is 0 Å². The van der Waals surface area contributed by atoms with E-state index in [1.165, 1.54) is 0 Å². The number of aromatic nitrogens is 3. The second-order valence-corrected chi connectivity index (χ2v) is 4.96. The van der Waals surface area contributed by atoms with Crippen molar-refractivity contribution >= 4 is 5.96 Å². The van der Waals surface area contributed by atoms with Gasteiger partial charge >= 0.3 is 0 Å². The fourth-order valence-electron chi connectivity index (χ4n) is 1.96. The molecule has 2 rings (SSSR count). The Bertz CT molecular complexity index is 535. The summed E-state index contributed by atoms with van der Waals surface area (Å²) >= 11 is 0. The Labute approximate surface area is 125 Å². The SMILES string of the molecule is CN=C(NCc1ccccn1)NCC(C)Cn1cccn1. The van der Waals surface area contributed by atoms with Gasteiger partial charge in [-0.2, -0.15) is 5.10 Å². The van der Waals surface area contributed by atoms with Gasteiger partial charge in [0.05, 0.1) is 12.2 Å². The van der Waals surface area contributed by atoms with Gasteiger partial charge < -0.3 is 10.6 Å². The zero-order valence-electron chi connectivity index (χ0n) is 12.5. The molecule has 2 aromatic heterocycles. The number of nitrogens with one attached hydrogen (secondary N) is 2. The minimum atomic E-state index is 0.457. The molecular weight excluding hydrogens is 264 g/mol. The monoisotopic (exact) mass is 286 g/mol. The van der Waals surface area contributed by atoms with Crippen molar-refractivity contribution in [1.29, 1.82) is 0 Å². The van der Waals surface area contributed by atoms with E-state index in [0.29, 0.717) is 12.5 Å². The van der Waals surface area contributed by atoms with E-state index < -0.39 is 0 Å². The number of guanidine groups is 1. The van der Waals surface area contributed by atoms with Crippen LogP contribution in [0.3, 0.4) is 0 Å². The molecule has 1 atom stereocenters. The number of pyridine rings is 1. The number of nitrogens with zero attached hydrogens (tertiary/aromatic N) is 4. The van der Waals surface area contributed by atoms with Crippen molar-refractivity contribution in [2.45, 2.75) is 20.0 Å². The molecule has 21 heavy (non-hydrogen) atoms. The summed E-state index contributed by atoms with van der Waals surface area (Å²) in [5, 5.41) is 10.8. The zero-order valence-corrected chi connectivity index (χ0v) is 12.5. The highest BCUT2D eigenvalue weighted by molar-refractivity contribution is 5.79. The standard InChI is InChI=1S/C15H22N6/c1-13(12-21-9-5-8-20-21)10-18-15(16-2)19-11-14-6-3-4-7-17-14/h3-9,13H,10-12H2,1-2H3,(H2,16,18,19). The molecule has 0 aliphatic rings. The second-order valence-electron chi connectivity index (χ2n) is 4.96. The topological polar surface area (TPSA) is 67.1 Å². The van der Waals surface area contributed by atoms with Gasteiger partial charge in [-0.3, -0.25) is 14.7 Å². The summed E-state index contributed by atoms with van der Waals surface area (Å²) in [5.41, 5.74) is 0.991. The Morgan fingerprint density at radius 1 is 1.29 bits per heavy atom. The van der Waals surface area contributed by atoms with Crippen molar-refractivity contribution in [3.05, 3.63) is 48.5 Å². The molecule has 0 aliphatic carbocycles. The van der Waals surface area contributed by atoms with Gasteiger partial charge in [-0.15, -0.1) is 0 Å². The van der Waals surface area contributed by atoms with Crippen LogP contribution in [0.1, 0.15) is 12.6 Å². The molecule has 0 aromatic carbocycles. The molecule has 0 radical (unpaired) electrons. The first-order valence-electron chi connectivity index (χ1n) is 7.10. The Kier molecular flexibility index (Phi) is 5.75. The molecule has 6 heteroatoms. The van der Waals surface area contributed by atoms with Crippen LogP contribution in [-0.2, 0) is 13.1 Å². The lowest BCUT2D eigenvalue weighted by molar-refractivity contribution is 0.443. The third-order valence-electron chi connectivity index (χ3n) is 3.06. The predicted octanol–water partition coefficient (Wildman–Crippen LogP) is 1.28. The minimum Gasteiger partial charge on any atom is -0.356 e. The van der Waals surface area contributed by atoms with Gasteiger partial charge in [-0.1, -0.05) is 13.0 Å². The Morgan fingerprint density at radius 3 is 2.86 bits per heavy atom. The van der Waals surface area contributed by atoms with E-state index in [1.807, 2.05) is 35.1 Å². The highest BCUT2D eigenvalue weighted by Crippen LogP contribution is 1.98. The van der Waals surface area contributed by atoms with Gasteiger partial charge in [0.15, 0.2) is 5.96 Å². The van der Waals surface area contributed by atoms with Gasteiger partial charge in [-0.25, -0.2) is 0 Å². The average Bonchev–Trinajstić information content (AvgIpc) is 3.01. The summed E-state index contributed by atoms with van der Waals surface area (Å²) in [6, 6.07) is 7.81. The molecule has 0 saturated heterocycles. The van der Waals surface area contributed by atoms with E-state index in [-0.39, 0.29) is 0 Å². The molecule has 0 saturated carbocycles. The van der Waals surface area contributed by atoms with E-state index in [9.17, 15) is 0 Å². The second kappa shape index (κ2) is 8.04. The molecule has 0 bridgehead atoms. The first kappa shape index (κ1) is 15.0. The number of hydrogen-bond donors (Lipinski definition) is 2. The van der Waals surface area contributed by atoms with E-state index in [4.69, 9.17) is 0 Å². The lowest BCUT2D eigenvalue weighted by atomic mass is 10.2. The largest absolute Gasteiger partial charge is 0.356 e. The van der Waals surface area contributed by atoms with E-state index in [0.717, 1.165) is 24.7 Å². The quantitative estimate of drug-likeness (QED) is 0.620. The van der Waals surface area contributed by atoms with Crippen molar-refractivity contribution in [2.75, 3.05) is 13.6 Å². The fraction of sp³-hybridized carbons (Fsp3) is 0.400. The first-order chi connectivity index (χ1) is 10.3. The van der Waals surface area contributed by atoms with Crippen LogP contribution in [0, 0.1) is 5.92 Å². The van der Waals surface area contributed by atoms with E-state index in [1.54, 1.807) is 19.4 Å². The maximum absolute atomic E-state index is 4.27. The zero-order chi connectivity index (χ0) is 14.9. The van der Waals surface area contributed by atoms with Crippen LogP contribution in [0.5, 0.6) is 0 Å². The number of aliphatic imine (C=N–C) groups is 1. The van der Waals surface area contributed by atoms with Crippen LogP contribution < -0.4 is 10.6 Å². The first-order valence-corrected chi connectivity index (χ1v) is 7.10. The van der Waals surface area contributed by atoms with Crippen LogP contribution in [0.2, 0.25) is 0 Å². The Balaban J connectivity index is 1.72. The maximum atomic E-state index is 4.27.